The highest BCUT2D eigenvalue weighted by atomic mass is 32.2. The van der Waals surface area contributed by atoms with Crippen molar-refractivity contribution in [2.24, 2.45) is 0 Å². The first-order chi connectivity index (χ1) is 8.96. The molecule has 0 amide bonds. The standard InChI is InChI=1S/C13H21NO3S2/c1-10-8-13(18-12(10)9-15)19(16,17)14(2)11-6-4-3-5-7-11/h8,11,15H,3-7,9H2,1-2H3. The minimum atomic E-state index is -3.41. The minimum Gasteiger partial charge on any atom is -0.391 e. The molecule has 0 spiro atoms. The van der Waals surface area contributed by atoms with Crippen molar-refractivity contribution in [3.8, 4) is 0 Å². The van der Waals surface area contributed by atoms with Gasteiger partial charge >= 0.3 is 0 Å². The van der Waals surface area contributed by atoms with Crippen LogP contribution in [0.5, 0.6) is 0 Å². The lowest BCUT2D eigenvalue weighted by atomic mass is 9.96. The Morgan fingerprint density at radius 2 is 2.00 bits per heavy atom. The first kappa shape index (κ1) is 15.0. The molecule has 0 aliphatic heterocycles. The molecule has 0 aromatic carbocycles. The Morgan fingerprint density at radius 3 is 2.53 bits per heavy atom. The van der Waals surface area contributed by atoms with Crippen LogP contribution < -0.4 is 0 Å². The smallest absolute Gasteiger partial charge is 0.252 e. The minimum absolute atomic E-state index is 0.0981. The molecule has 1 aromatic rings. The molecular weight excluding hydrogens is 282 g/mol. The van der Waals surface area contributed by atoms with Gasteiger partial charge in [0, 0.05) is 18.0 Å². The molecule has 4 nitrogen and oxygen atoms in total. The van der Waals surface area contributed by atoms with Gasteiger partial charge in [0.05, 0.1) is 6.61 Å². The average molecular weight is 303 g/mol. The summed E-state index contributed by atoms with van der Waals surface area (Å²) in [5.74, 6) is 0. The molecule has 0 unspecified atom stereocenters. The number of rotatable bonds is 4. The second-order valence-corrected chi connectivity index (χ2v) is 8.50. The van der Waals surface area contributed by atoms with Crippen LogP contribution in [-0.2, 0) is 16.6 Å². The Bertz CT molecular complexity index is 530. The van der Waals surface area contributed by atoms with Crippen LogP contribution >= 0.6 is 11.3 Å². The first-order valence-electron chi connectivity index (χ1n) is 6.65. The molecule has 1 heterocycles. The molecule has 0 bridgehead atoms. The third-order valence-electron chi connectivity index (χ3n) is 3.86. The predicted octanol–water partition coefficient (Wildman–Crippen LogP) is 2.50. The number of aliphatic hydroxyl groups excluding tert-OH is 1. The highest BCUT2D eigenvalue weighted by Gasteiger charge is 2.30. The van der Waals surface area contributed by atoms with Gasteiger partial charge in [-0.25, -0.2) is 8.42 Å². The molecule has 1 saturated carbocycles. The van der Waals surface area contributed by atoms with Crippen LogP contribution in [0, 0.1) is 6.92 Å². The zero-order valence-electron chi connectivity index (χ0n) is 11.4. The monoisotopic (exact) mass is 303 g/mol. The Kier molecular flexibility index (Phi) is 4.66. The van der Waals surface area contributed by atoms with E-state index in [9.17, 15) is 13.5 Å². The summed E-state index contributed by atoms with van der Waals surface area (Å²) in [6.45, 7) is 1.74. The third kappa shape index (κ3) is 3.02. The van der Waals surface area contributed by atoms with Gasteiger partial charge in [0.25, 0.3) is 10.0 Å². The van der Waals surface area contributed by atoms with E-state index in [-0.39, 0.29) is 12.6 Å². The molecule has 6 heteroatoms. The molecule has 19 heavy (non-hydrogen) atoms. The van der Waals surface area contributed by atoms with Crippen LogP contribution in [0.4, 0.5) is 0 Å². The molecule has 1 aliphatic carbocycles. The van der Waals surface area contributed by atoms with E-state index in [2.05, 4.69) is 0 Å². The molecule has 0 atom stereocenters. The molecule has 1 fully saturated rings. The number of aliphatic hydroxyl groups is 1. The van der Waals surface area contributed by atoms with Crippen molar-refractivity contribution in [1.82, 2.24) is 4.31 Å². The maximum atomic E-state index is 12.6. The second kappa shape index (κ2) is 5.91. The Balaban J connectivity index is 2.24. The van der Waals surface area contributed by atoms with Crippen molar-refractivity contribution in [2.45, 2.75) is 55.9 Å². The fraction of sp³-hybridized carbons (Fsp3) is 0.692. The number of thiophene rings is 1. The maximum absolute atomic E-state index is 12.6. The Hall–Kier alpha value is -0.430. The van der Waals surface area contributed by atoms with Crippen LogP contribution in [0.15, 0.2) is 10.3 Å². The Labute approximate surface area is 119 Å². The van der Waals surface area contributed by atoms with Crippen LogP contribution in [0.2, 0.25) is 0 Å². The van der Waals surface area contributed by atoms with Crippen molar-refractivity contribution < 1.29 is 13.5 Å². The molecule has 1 aromatic heterocycles. The number of aryl methyl sites for hydroxylation is 1. The van der Waals surface area contributed by atoms with Crippen molar-refractivity contribution in [3.05, 3.63) is 16.5 Å². The van der Waals surface area contributed by atoms with Crippen LogP contribution in [-0.4, -0.2) is 30.9 Å². The summed E-state index contributed by atoms with van der Waals surface area (Å²) in [7, 11) is -1.73. The SMILES string of the molecule is Cc1cc(S(=O)(=O)N(C)C2CCCCC2)sc1CO. The lowest BCUT2D eigenvalue weighted by molar-refractivity contribution is 0.285. The van der Waals surface area contributed by atoms with Crippen LogP contribution in [0.25, 0.3) is 0 Å². The molecule has 1 aliphatic rings. The summed E-state index contributed by atoms with van der Waals surface area (Å²) in [4.78, 5) is 0.732. The van der Waals surface area contributed by atoms with Gasteiger partial charge in [-0.1, -0.05) is 19.3 Å². The lowest BCUT2D eigenvalue weighted by Crippen LogP contribution is -2.37. The van der Waals surface area contributed by atoms with Gasteiger partial charge in [0.2, 0.25) is 0 Å². The third-order valence-corrected chi connectivity index (χ3v) is 7.44. The zero-order valence-corrected chi connectivity index (χ0v) is 13.1. The first-order valence-corrected chi connectivity index (χ1v) is 8.90. The summed E-state index contributed by atoms with van der Waals surface area (Å²) < 4.78 is 27.0. The van der Waals surface area contributed by atoms with Gasteiger partial charge in [0.1, 0.15) is 4.21 Å². The van der Waals surface area contributed by atoms with E-state index in [0.29, 0.717) is 4.21 Å². The van der Waals surface area contributed by atoms with Crippen molar-refractivity contribution in [2.75, 3.05) is 7.05 Å². The van der Waals surface area contributed by atoms with Crippen LogP contribution in [0.1, 0.15) is 42.5 Å². The number of hydrogen-bond acceptors (Lipinski definition) is 4. The highest BCUT2D eigenvalue weighted by Crippen LogP contribution is 2.31. The van der Waals surface area contributed by atoms with Crippen molar-refractivity contribution in [3.63, 3.8) is 0 Å². The number of hydrogen-bond donors (Lipinski definition) is 1. The predicted molar refractivity (Wildman–Crippen MR) is 76.8 cm³/mol. The summed E-state index contributed by atoms with van der Waals surface area (Å²) in [6, 6.07) is 1.80. The van der Waals surface area contributed by atoms with E-state index in [1.807, 2.05) is 6.92 Å². The fourth-order valence-corrected chi connectivity index (χ4v) is 5.61. The summed E-state index contributed by atoms with van der Waals surface area (Å²) in [6.07, 6.45) is 5.32. The Morgan fingerprint density at radius 1 is 1.37 bits per heavy atom. The second-order valence-electron chi connectivity index (χ2n) is 5.14. The lowest BCUT2D eigenvalue weighted by Gasteiger charge is -2.29. The molecule has 108 valence electrons. The van der Waals surface area contributed by atoms with Crippen molar-refractivity contribution >= 4 is 21.4 Å². The number of nitrogens with zero attached hydrogens (tertiary/aromatic N) is 1. The zero-order chi connectivity index (χ0) is 14.0. The van der Waals surface area contributed by atoms with Gasteiger partial charge in [-0.2, -0.15) is 4.31 Å². The van der Waals surface area contributed by atoms with Gasteiger partial charge in [-0.15, -0.1) is 11.3 Å². The largest absolute Gasteiger partial charge is 0.391 e. The van der Waals surface area contributed by atoms with E-state index in [1.54, 1.807) is 13.1 Å². The van der Waals surface area contributed by atoms with Gasteiger partial charge in [-0.3, -0.25) is 0 Å². The van der Waals surface area contributed by atoms with E-state index in [0.717, 1.165) is 36.1 Å². The highest BCUT2D eigenvalue weighted by molar-refractivity contribution is 7.91. The van der Waals surface area contributed by atoms with E-state index >= 15 is 0 Å². The van der Waals surface area contributed by atoms with E-state index in [1.165, 1.54) is 22.1 Å². The molecule has 2 rings (SSSR count). The quantitative estimate of drug-likeness (QED) is 0.930. The fourth-order valence-electron chi connectivity index (χ4n) is 2.56. The normalized spacial score (nSPS) is 18.1. The van der Waals surface area contributed by atoms with Crippen LogP contribution in [0.3, 0.4) is 0 Å². The topological polar surface area (TPSA) is 57.6 Å². The number of sulfonamides is 1. The molecule has 0 saturated heterocycles. The van der Waals surface area contributed by atoms with Crippen molar-refractivity contribution in [1.29, 1.82) is 0 Å². The molecule has 0 radical (unpaired) electrons. The summed E-state index contributed by atoms with van der Waals surface area (Å²) in [5.41, 5.74) is 0.850. The average Bonchev–Trinajstić information content (AvgIpc) is 2.81. The summed E-state index contributed by atoms with van der Waals surface area (Å²) >= 11 is 1.18. The molecular formula is C13H21NO3S2. The van der Waals surface area contributed by atoms with Gasteiger partial charge < -0.3 is 5.11 Å². The van der Waals surface area contributed by atoms with E-state index < -0.39 is 10.0 Å². The summed E-state index contributed by atoms with van der Waals surface area (Å²) in [5, 5.41) is 9.19. The maximum Gasteiger partial charge on any atom is 0.252 e. The van der Waals surface area contributed by atoms with Gasteiger partial charge in [0.15, 0.2) is 0 Å². The van der Waals surface area contributed by atoms with Gasteiger partial charge in [-0.05, 0) is 31.4 Å². The van der Waals surface area contributed by atoms with E-state index in [4.69, 9.17) is 0 Å². The molecule has 1 N–H and O–H groups in total.